The number of aliphatic hydroxyl groups is 2. The van der Waals surface area contributed by atoms with Gasteiger partial charge < -0.3 is 34.9 Å². The molecule has 0 bridgehead atoms. The molecule has 3 aromatic carbocycles. The van der Waals surface area contributed by atoms with Crippen molar-refractivity contribution < 1.29 is 42.2 Å². The van der Waals surface area contributed by atoms with Crippen LogP contribution in [0.3, 0.4) is 0 Å². The maximum absolute atomic E-state index is 14.7. The molecular weight excluding hydrogens is 906 g/mol. The third kappa shape index (κ3) is 9.12. The summed E-state index contributed by atoms with van der Waals surface area (Å²) >= 11 is 0. The number of aromatic nitrogens is 2. The number of hydrogen-bond acceptors (Lipinski definition) is 13. The van der Waals surface area contributed by atoms with E-state index >= 15 is 0 Å². The van der Waals surface area contributed by atoms with Crippen LogP contribution in [0.4, 0.5) is 21.5 Å². The summed E-state index contributed by atoms with van der Waals surface area (Å²) in [6, 6.07) is 17.1. The van der Waals surface area contributed by atoms with Crippen molar-refractivity contribution in [1.82, 2.24) is 19.6 Å². The fourth-order valence-corrected chi connectivity index (χ4v) is 12.9. The molecule has 1 spiro atoms. The molecule has 0 radical (unpaired) electrons. The van der Waals surface area contributed by atoms with Crippen LogP contribution in [-0.4, -0.2) is 101 Å². The first kappa shape index (κ1) is 46.9. The molecule has 3 aliphatic heterocycles. The molecule has 5 aliphatic rings. The molecule has 2 saturated carbocycles. The van der Waals surface area contributed by atoms with Crippen LogP contribution < -0.4 is 24.4 Å². The van der Waals surface area contributed by atoms with Crippen LogP contribution in [0, 0.1) is 33.2 Å². The summed E-state index contributed by atoms with van der Waals surface area (Å²) in [6.45, 7) is 9.93. The topological polar surface area (TPSA) is 212 Å². The molecule has 16 nitrogen and oxygen atoms in total. The Kier molecular flexibility index (Phi) is 12.3. The van der Waals surface area contributed by atoms with Crippen LogP contribution in [0.15, 0.2) is 78.0 Å². The number of rotatable bonds is 12. The zero-order valence-electron chi connectivity index (χ0n) is 39.1. The average Bonchev–Trinajstić information content (AvgIpc) is 3.92. The van der Waals surface area contributed by atoms with E-state index in [1.807, 2.05) is 0 Å². The number of likely N-dealkylation sites (tertiary alicyclic amines) is 1. The number of nitrogens with one attached hydrogen (secondary N) is 3. The van der Waals surface area contributed by atoms with Gasteiger partial charge in [-0.2, -0.15) is 0 Å². The predicted octanol–water partition coefficient (Wildman–Crippen LogP) is 8.22. The monoisotopic (exact) mass is 965 g/mol. The summed E-state index contributed by atoms with van der Waals surface area (Å²) in [5, 5.41) is 36.7. The van der Waals surface area contributed by atoms with Gasteiger partial charge in [-0.1, -0.05) is 38.1 Å². The average molecular weight is 966 g/mol. The van der Waals surface area contributed by atoms with Gasteiger partial charge in [-0.05, 0) is 111 Å². The normalized spacial score (nSPS) is 25.7. The number of halogens is 1. The Balaban J connectivity index is 0.868. The standard InChI is InChI=1S/C51H60FN7O9S/c1-30(2)36-6-4-5-7-37(36)38-10-8-32(26-60)47(38)58-28-51(29-58)16-18-57(19-17-51)33-9-11-39(44(20-33)68-34-21-40-41(52)25-54-48(40)53-24-34)49(61)56-69(65,66)35-22-43(59(63)64)46-45(23-35)67-27-42(55-46)31-12-14-50(3,62)15-13-31/h4-7,9,11,20-25,30-32,38,42,47,55,60,62H,8,10,12-19,26-29H2,1-3H3,(H,53,54)(H,56,61)/t31-,32-,38-,42+,47?,50-/m0/s1. The van der Waals surface area contributed by atoms with Crippen LogP contribution in [-0.2, 0) is 10.0 Å². The van der Waals surface area contributed by atoms with Crippen LogP contribution in [0.2, 0.25) is 0 Å². The number of nitrogens with zero attached hydrogens (tertiary/aromatic N) is 4. The highest BCUT2D eigenvalue weighted by molar-refractivity contribution is 7.90. The molecule has 18 heteroatoms. The SMILES string of the molecule is CC(C)c1ccccc1[C@@H]1CC[C@@H](CO)C1N1CC2(CCN(c3ccc(C(=O)NS(=O)(=O)c4cc5c(c([N+](=O)[O-])c4)N[C@@H]([C@H]4CC[C@](C)(O)CC4)CO5)c(Oc4cnc5[nH]cc(F)c5c4)c3)CC2)C1. The molecule has 366 valence electrons. The summed E-state index contributed by atoms with van der Waals surface area (Å²) in [5.74, 6) is -0.447. The van der Waals surface area contributed by atoms with Gasteiger partial charge in [-0.15, -0.1) is 0 Å². The lowest BCUT2D eigenvalue weighted by molar-refractivity contribution is -0.384. The van der Waals surface area contributed by atoms with Crippen molar-refractivity contribution in [3.8, 4) is 17.2 Å². The summed E-state index contributed by atoms with van der Waals surface area (Å²) in [7, 11) is -4.73. The van der Waals surface area contributed by atoms with Gasteiger partial charge in [-0.25, -0.2) is 22.5 Å². The minimum atomic E-state index is -4.73. The number of aliphatic hydroxyl groups excluding tert-OH is 1. The quantitative estimate of drug-likeness (QED) is 0.0590. The molecule has 1 unspecified atom stereocenters. The number of aromatic amines is 1. The molecule has 5 aromatic rings. The Bertz CT molecular complexity index is 2880. The van der Waals surface area contributed by atoms with E-state index in [9.17, 15) is 37.9 Å². The highest BCUT2D eigenvalue weighted by Gasteiger charge is 2.52. The van der Waals surface area contributed by atoms with Gasteiger partial charge in [0.05, 0.1) is 38.6 Å². The van der Waals surface area contributed by atoms with E-state index in [1.165, 1.54) is 35.7 Å². The smallest absolute Gasteiger partial charge is 0.297 e. The second kappa shape index (κ2) is 18.2. The number of benzene rings is 3. The number of carbonyl (C=O) groups is 1. The highest BCUT2D eigenvalue weighted by Crippen LogP contribution is 2.51. The first-order valence-corrected chi connectivity index (χ1v) is 25.6. The van der Waals surface area contributed by atoms with E-state index in [4.69, 9.17) is 9.47 Å². The molecule has 2 saturated heterocycles. The zero-order chi connectivity index (χ0) is 48.4. The molecule has 2 aliphatic carbocycles. The minimum absolute atomic E-state index is 0.00405. The first-order valence-electron chi connectivity index (χ1n) is 24.1. The maximum atomic E-state index is 14.7. The van der Waals surface area contributed by atoms with Gasteiger partial charge >= 0.3 is 0 Å². The summed E-state index contributed by atoms with van der Waals surface area (Å²) < 4.78 is 57.0. The van der Waals surface area contributed by atoms with Crippen molar-refractivity contribution in [1.29, 1.82) is 0 Å². The Morgan fingerprint density at radius 2 is 1.81 bits per heavy atom. The number of ether oxygens (including phenoxy) is 2. The van der Waals surface area contributed by atoms with Crippen molar-refractivity contribution in [3.05, 3.63) is 106 Å². The van der Waals surface area contributed by atoms with Crippen LogP contribution in [0.1, 0.15) is 105 Å². The fourth-order valence-electron chi connectivity index (χ4n) is 11.9. The van der Waals surface area contributed by atoms with Gasteiger partial charge in [0, 0.05) is 74.8 Å². The molecule has 2 aromatic heterocycles. The summed E-state index contributed by atoms with van der Waals surface area (Å²) in [5.41, 5.74) is 2.56. The lowest BCUT2D eigenvalue weighted by Gasteiger charge is -2.58. The molecule has 10 rings (SSSR count). The van der Waals surface area contributed by atoms with Crippen molar-refractivity contribution >= 4 is 44.0 Å². The lowest BCUT2D eigenvalue weighted by Crippen LogP contribution is -2.64. The number of hydrogen-bond donors (Lipinski definition) is 5. The third-order valence-corrected chi connectivity index (χ3v) is 17.1. The molecule has 5 heterocycles. The van der Waals surface area contributed by atoms with Crippen LogP contribution in [0.5, 0.6) is 17.2 Å². The van der Waals surface area contributed by atoms with E-state index in [-0.39, 0.29) is 76.4 Å². The summed E-state index contributed by atoms with van der Waals surface area (Å²) in [4.78, 5) is 37.1. The number of nitro benzene ring substituents is 1. The van der Waals surface area contributed by atoms with Crippen molar-refractivity contribution in [2.75, 3.05) is 49.6 Å². The van der Waals surface area contributed by atoms with E-state index in [2.05, 4.69) is 67.9 Å². The second-order valence-corrected chi connectivity index (χ2v) is 22.4. The molecule has 4 fully saturated rings. The number of amides is 1. The predicted molar refractivity (Wildman–Crippen MR) is 258 cm³/mol. The molecular formula is C51H60FN7O9S. The number of anilines is 2. The van der Waals surface area contributed by atoms with E-state index in [0.29, 0.717) is 43.2 Å². The summed E-state index contributed by atoms with van der Waals surface area (Å²) in [6.07, 6.45) is 9.00. The molecule has 1 amide bonds. The zero-order valence-corrected chi connectivity index (χ0v) is 39.9. The van der Waals surface area contributed by atoms with Gasteiger partial charge in [0.2, 0.25) is 0 Å². The first-order chi connectivity index (χ1) is 33.0. The second-order valence-electron chi connectivity index (χ2n) is 20.7. The molecule has 5 N–H and O–H groups in total. The largest absolute Gasteiger partial charge is 0.489 e. The molecule has 69 heavy (non-hydrogen) atoms. The lowest BCUT2D eigenvalue weighted by atomic mass is 9.69. The Morgan fingerprint density at radius 3 is 2.54 bits per heavy atom. The van der Waals surface area contributed by atoms with E-state index in [0.717, 1.165) is 69.7 Å². The Morgan fingerprint density at radius 1 is 1.06 bits per heavy atom. The minimum Gasteiger partial charge on any atom is -0.489 e. The van der Waals surface area contributed by atoms with E-state index in [1.54, 1.807) is 19.1 Å². The van der Waals surface area contributed by atoms with Gasteiger partial charge in [0.15, 0.2) is 11.4 Å². The number of sulfonamides is 1. The third-order valence-electron chi connectivity index (χ3n) is 15.8. The highest BCUT2D eigenvalue weighted by atomic mass is 32.2. The van der Waals surface area contributed by atoms with Gasteiger partial charge in [0.25, 0.3) is 21.6 Å². The Labute approximate surface area is 400 Å². The van der Waals surface area contributed by atoms with E-state index < -0.39 is 42.9 Å². The van der Waals surface area contributed by atoms with Gasteiger partial charge in [0.1, 0.15) is 29.6 Å². The number of carbonyl (C=O) groups excluding carboxylic acids is 1. The van der Waals surface area contributed by atoms with Crippen LogP contribution >= 0.6 is 0 Å². The number of H-pyrrole nitrogens is 1. The van der Waals surface area contributed by atoms with Crippen molar-refractivity contribution in [2.45, 2.75) is 107 Å². The number of nitro groups is 1. The van der Waals surface area contributed by atoms with Crippen molar-refractivity contribution in [3.63, 3.8) is 0 Å². The number of fused-ring (bicyclic) bond motifs is 2. The van der Waals surface area contributed by atoms with Gasteiger partial charge in [-0.3, -0.25) is 19.8 Å². The fraction of sp³-hybridized carbons (Fsp3) is 0.490. The molecule has 4 atom stereocenters. The number of piperidine rings is 1. The van der Waals surface area contributed by atoms with Crippen molar-refractivity contribution in [2.24, 2.45) is 17.3 Å². The number of pyridine rings is 1. The maximum Gasteiger partial charge on any atom is 0.297 e. The Hall–Kier alpha value is -5.82. The van der Waals surface area contributed by atoms with Crippen LogP contribution in [0.25, 0.3) is 11.0 Å².